The highest BCUT2D eigenvalue weighted by Crippen LogP contribution is 2.29. The van der Waals surface area contributed by atoms with Crippen molar-refractivity contribution in [2.45, 2.75) is 70.4 Å². The standard InChI is InChI=1S/C14H28N2/c1-12-8-9-13(10-15)11-16(12)14-6-4-2-3-5-7-14/h12-14H,2-11,15H2,1H3. The maximum Gasteiger partial charge on any atom is 0.00982 e. The van der Waals surface area contributed by atoms with E-state index in [1.54, 1.807) is 0 Å². The van der Waals surface area contributed by atoms with E-state index in [2.05, 4.69) is 11.8 Å². The lowest BCUT2D eigenvalue weighted by atomic mass is 9.90. The highest BCUT2D eigenvalue weighted by atomic mass is 15.2. The van der Waals surface area contributed by atoms with Crippen molar-refractivity contribution < 1.29 is 0 Å². The quantitative estimate of drug-likeness (QED) is 0.731. The molecule has 1 saturated carbocycles. The first-order valence-electron chi connectivity index (χ1n) is 7.27. The van der Waals surface area contributed by atoms with E-state index in [-0.39, 0.29) is 0 Å². The molecule has 0 bridgehead atoms. The first-order valence-corrected chi connectivity index (χ1v) is 7.27. The molecule has 1 aliphatic heterocycles. The molecule has 0 amide bonds. The SMILES string of the molecule is CC1CCC(CN)CN1C1CCCCCC1. The summed E-state index contributed by atoms with van der Waals surface area (Å²) in [6.07, 6.45) is 11.4. The Hall–Kier alpha value is -0.0800. The zero-order valence-corrected chi connectivity index (χ0v) is 10.8. The van der Waals surface area contributed by atoms with Crippen LogP contribution in [0.3, 0.4) is 0 Å². The van der Waals surface area contributed by atoms with Gasteiger partial charge in [0, 0.05) is 18.6 Å². The molecule has 2 atom stereocenters. The van der Waals surface area contributed by atoms with Crippen LogP contribution >= 0.6 is 0 Å². The fourth-order valence-corrected chi connectivity index (χ4v) is 3.50. The van der Waals surface area contributed by atoms with E-state index in [0.29, 0.717) is 0 Å². The molecule has 0 aromatic heterocycles. The molecule has 1 heterocycles. The molecular weight excluding hydrogens is 196 g/mol. The Balaban J connectivity index is 1.93. The summed E-state index contributed by atoms with van der Waals surface area (Å²) >= 11 is 0. The highest BCUT2D eigenvalue weighted by Gasteiger charge is 2.30. The Morgan fingerprint density at radius 1 is 1.00 bits per heavy atom. The van der Waals surface area contributed by atoms with Crippen molar-refractivity contribution in [3.05, 3.63) is 0 Å². The Labute approximate surface area is 101 Å². The van der Waals surface area contributed by atoms with Crippen LogP contribution < -0.4 is 5.73 Å². The second-order valence-electron chi connectivity index (χ2n) is 5.87. The topological polar surface area (TPSA) is 29.3 Å². The summed E-state index contributed by atoms with van der Waals surface area (Å²) in [6.45, 7) is 4.57. The highest BCUT2D eigenvalue weighted by molar-refractivity contribution is 4.85. The average Bonchev–Trinajstić information content (AvgIpc) is 2.58. The normalized spacial score (nSPS) is 34.9. The summed E-state index contributed by atoms with van der Waals surface area (Å²) in [5.41, 5.74) is 5.84. The third-order valence-corrected chi connectivity index (χ3v) is 4.65. The van der Waals surface area contributed by atoms with Crippen LogP contribution in [0.15, 0.2) is 0 Å². The molecule has 94 valence electrons. The van der Waals surface area contributed by atoms with Gasteiger partial charge in [-0.3, -0.25) is 4.90 Å². The molecule has 0 spiro atoms. The largest absolute Gasteiger partial charge is 0.330 e. The molecular formula is C14H28N2. The molecule has 1 saturated heterocycles. The van der Waals surface area contributed by atoms with Gasteiger partial charge in [0.15, 0.2) is 0 Å². The maximum absolute atomic E-state index is 5.84. The van der Waals surface area contributed by atoms with Crippen LogP contribution in [-0.4, -0.2) is 30.1 Å². The van der Waals surface area contributed by atoms with Gasteiger partial charge >= 0.3 is 0 Å². The fraction of sp³-hybridized carbons (Fsp3) is 1.00. The molecule has 16 heavy (non-hydrogen) atoms. The van der Waals surface area contributed by atoms with Gasteiger partial charge < -0.3 is 5.73 Å². The Morgan fingerprint density at radius 2 is 1.69 bits per heavy atom. The summed E-state index contributed by atoms with van der Waals surface area (Å²) in [6, 6.07) is 1.66. The molecule has 0 aromatic rings. The van der Waals surface area contributed by atoms with Crippen molar-refractivity contribution in [1.82, 2.24) is 4.90 Å². The molecule has 2 fully saturated rings. The number of hydrogen-bond donors (Lipinski definition) is 1. The van der Waals surface area contributed by atoms with E-state index in [1.165, 1.54) is 57.9 Å². The molecule has 0 radical (unpaired) electrons. The van der Waals surface area contributed by atoms with Gasteiger partial charge in [0.05, 0.1) is 0 Å². The van der Waals surface area contributed by atoms with Crippen molar-refractivity contribution >= 4 is 0 Å². The molecule has 2 unspecified atom stereocenters. The summed E-state index contributed by atoms with van der Waals surface area (Å²) < 4.78 is 0. The third-order valence-electron chi connectivity index (χ3n) is 4.65. The number of piperidine rings is 1. The van der Waals surface area contributed by atoms with Crippen LogP contribution in [0, 0.1) is 5.92 Å². The predicted octanol–water partition coefficient (Wildman–Crippen LogP) is 2.77. The van der Waals surface area contributed by atoms with Gasteiger partial charge in [0.25, 0.3) is 0 Å². The van der Waals surface area contributed by atoms with E-state index in [4.69, 9.17) is 5.73 Å². The second kappa shape index (κ2) is 6.02. The maximum atomic E-state index is 5.84. The lowest BCUT2D eigenvalue weighted by molar-refractivity contribution is 0.0662. The van der Waals surface area contributed by atoms with E-state index < -0.39 is 0 Å². The van der Waals surface area contributed by atoms with E-state index in [9.17, 15) is 0 Å². The first kappa shape index (κ1) is 12.4. The summed E-state index contributed by atoms with van der Waals surface area (Å²) in [5.74, 6) is 0.763. The Morgan fingerprint density at radius 3 is 2.31 bits per heavy atom. The average molecular weight is 224 g/mol. The van der Waals surface area contributed by atoms with Crippen molar-refractivity contribution in [1.29, 1.82) is 0 Å². The molecule has 0 aromatic carbocycles. The van der Waals surface area contributed by atoms with Crippen molar-refractivity contribution in [2.24, 2.45) is 11.7 Å². The van der Waals surface area contributed by atoms with Gasteiger partial charge in [-0.1, -0.05) is 25.7 Å². The van der Waals surface area contributed by atoms with Gasteiger partial charge in [-0.25, -0.2) is 0 Å². The number of likely N-dealkylation sites (tertiary alicyclic amines) is 1. The van der Waals surface area contributed by atoms with Crippen molar-refractivity contribution in [3.8, 4) is 0 Å². The van der Waals surface area contributed by atoms with Crippen LogP contribution in [0.2, 0.25) is 0 Å². The van der Waals surface area contributed by atoms with Crippen LogP contribution in [-0.2, 0) is 0 Å². The monoisotopic (exact) mass is 224 g/mol. The minimum absolute atomic E-state index is 0.763. The zero-order valence-electron chi connectivity index (χ0n) is 10.8. The molecule has 2 rings (SSSR count). The van der Waals surface area contributed by atoms with E-state index in [0.717, 1.165) is 24.5 Å². The van der Waals surface area contributed by atoms with Gasteiger partial charge in [-0.2, -0.15) is 0 Å². The van der Waals surface area contributed by atoms with Gasteiger partial charge in [-0.15, -0.1) is 0 Å². The Bertz CT molecular complexity index is 197. The first-order chi connectivity index (χ1) is 7.81. The molecule has 2 N–H and O–H groups in total. The van der Waals surface area contributed by atoms with Gasteiger partial charge in [0.1, 0.15) is 0 Å². The summed E-state index contributed by atoms with van der Waals surface area (Å²) in [4.78, 5) is 2.78. The van der Waals surface area contributed by atoms with E-state index in [1.807, 2.05) is 0 Å². The Kier molecular flexibility index (Phi) is 4.66. The van der Waals surface area contributed by atoms with Gasteiger partial charge in [0.2, 0.25) is 0 Å². The minimum Gasteiger partial charge on any atom is -0.330 e. The molecule has 2 nitrogen and oxygen atoms in total. The van der Waals surface area contributed by atoms with Crippen LogP contribution in [0.25, 0.3) is 0 Å². The fourth-order valence-electron chi connectivity index (χ4n) is 3.50. The van der Waals surface area contributed by atoms with Crippen molar-refractivity contribution in [2.75, 3.05) is 13.1 Å². The van der Waals surface area contributed by atoms with Crippen LogP contribution in [0.4, 0.5) is 0 Å². The molecule has 1 aliphatic carbocycles. The minimum atomic E-state index is 0.763. The number of rotatable bonds is 2. The molecule has 2 aliphatic rings. The van der Waals surface area contributed by atoms with E-state index >= 15 is 0 Å². The summed E-state index contributed by atoms with van der Waals surface area (Å²) in [5, 5.41) is 0. The summed E-state index contributed by atoms with van der Waals surface area (Å²) in [7, 11) is 0. The van der Waals surface area contributed by atoms with Gasteiger partial charge in [-0.05, 0) is 45.1 Å². The second-order valence-corrected chi connectivity index (χ2v) is 5.87. The van der Waals surface area contributed by atoms with Crippen molar-refractivity contribution in [3.63, 3.8) is 0 Å². The van der Waals surface area contributed by atoms with Crippen LogP contribution in [0.1, 0.15) is 58.3 Å². The lowest BCUT2D eigenvalue weighted by Gasteiger charge is -2.42. The smallest absolute Gasteiger partial charge is 0.00982 e. The zero-order chi connectivity index (χ0) is 11.4. The van der Waals surface area contributed by atoms with Crippen LogP contribution in [0.5, 0.6) is 0 Å². The molecule has 2 heteroatoms. The third kappa shape index (κ3) is 2.98. The predicted molar refractivity (Wildman–Crippen MR) is 69.4 cm³/mol. The number of hydrogen-bond acceptors (Lipinski definition) is 2. The lowest BCUT2D eigenvalue weighted by Crippen LogP contribution is -2.49. The number of nitrogens with two attached hydrogens (primary N) is 1. The number of nitrogens with zero attached hydrogens (tertiary/aromatic N) is 1.